The molecule has 0 saturated heterocycles. The molecule has 0 spiro atoms. The zero-order valence-corrected chi connectivity index (χ0v) is 13.6. The highest BCUT2D eigenvalue weighted by Gasteiger charge is 2.17. The van der Waals surface area contributed by atoms with E-state index in [-0.39, 0.29) is 18.2 Å². The van der Waals surface area contributed by atoms with Gasteiger partial charge < -0.3 is 10.2 Å². The first-order valence-electron chi connectivity index (χ1n) is 7.35. The third-order valence-corrected chi connectivity index (χ3v) is 3.57. The Labute approximate surface area is 138 Å². The number of rotatable bonds is 4. The van der Waals surface area contributed by atoms with Crippen molar-refractivity contribution in [3.05, 3.63) is 47.7 Å². The van der Waals surface area contributed by atoms with Crippen LogP contribution in [0.3, 0.4) is 0 Å². The van der Waals surface area contributed by atoms with Crippen LogP contribution in [0.5, 0.6) is 0 Å². The van der Waals surface area contributed by atoms with Crippen molar-refractivity contribution >= 4 is 22.8 Å². The van der Waals surface area contributed by atoms with E-state index >= 15 is 0 Å². The van der Waals surface area contributed by atoms with Gasteiger partial charge in [0, 0.05) is 27.7 Å². The van der Waals surface area contributed by atoms with Crippen molar-refractivity contribution in [1.29, 1.82) is 0 Å². The Morgan fingerprint density at radius 2 is 1.96 bits per heavy atom. The maximum atomic E-state index is 12.9. The average Bonchev–Trinajstić information content (AvgIpc) is 2.94. The first-order valence-corrected chi connectivity index (χ1v) is 7.35. The highest BCUT2D eigenvalue weighted by Crippen LogP contribution is 2.21. The molecular formula is C16H17FN6O. The van der Waals surface area contributed by atoms with Crippen molar-refractivity contribution in [3.8, 4) is 0 Å². The molecule has 1 N–H and O–H groups in total. The van der Waals surface area contributed by atoms with Crippen LogP contribution in [-0.4, -0.2) is 39.8 Å². The summed E-state index contributed by atoms with van der Waals surface area (Å²) in [7, 11) is 5.44. The number of fused-ring (bicyclic) bond motifs is 1. The van der Waals surface area contributed by atoms with Gasteiger partial charge in [-0.3, -0.25) is 9.48 Å². The molecule has 2 heterocycles. The van der Waals surface area contributed by atoms with Crippen molar-refractivity contribution in [2.75, 3.05) is 19.0 Å². The van der Waals surface area contributed by atoms with Crippen LogP contribution in [0.2, 0.25) is 0 Å². The molecule has 0 bridgehead atoms. The molecule has 1 aromatic carbocycles. The Hall–Kier alpha value is -3.03. The number of benzene rings is 1. The number of nitrogens with one attached hydrogen (secondary N) is 1. The van der Waals surface area contributed by atoms with E-state index in [2.05, 4.69) is 20.4 Å². The Bertz CT molecular complexity index is 887. The van der Waals surface area contributed by atoms with E-state index in [1.54, 1.807) is 30.1 Å². The molecule has 0 radical (unpaired) electrons. The van der Waals surface area contributed by atoms with E-state index in [1.807, 2.05) is 19.0 Å². The summed E-state index contributed by atoms with van der Waals surface area (Å²) in [4.78, 5) is 22.8. The van der Waals surface area contributed by atoms with Crippen LogP contribution < -0.4 is 10.2 Å². The Morgan fingerprint density at radius 1 is 1.25 bits per heavy atom. The van der Waals surface area contributed by atoms with Gasteiger partial charge in [0.25, 0.3) is 5.91 Å². The molecule has 0 aliphatic carbocycles. The van der Waals surface area contributed by atoms with Crippen molar-refractivity contribution < 1.29 is 9.18 Å². The standard InChI is InChI=1S/C16H17FN6O/c1-22(2)14-12-9-19-23(3)15(12)21-13(20-14)16(24)18-8-10-4-6-11(17)7-5-10/h4-7,9H,8H2,1-3H3,(H,18,24). The highest BCUT2D eigenvalue weighted by atomic mass is 19.1. The number of carbonyl (C=O) groups excluding carboxylic acids is 1. The largest absolute Gasteiger partial charge is 0.362 e. The van der Waals surface area contributed by atoms with Gasteiger partial charge in [-0.25, -0.2) is 14.4 Å². The summed E-state index contributed by atoms with van der Waals surface area (Å²) in [6.45, 7) is 0.267. The van der Waals surface area contributed by atoms with Gasteiger partial charge in [-0.2, -0.15) is 5.10 Å². The van der Waals surface area contributed by atoms with Gasteiger partial charge in [0.15, 0.2) is 5.65 Å². The number of halogens is 1. The van der Waals surface area contributed by atoms with E-state index in [9.17, 15) is 9.18 Å². The minimum absolute atomic E-state index is 0.0666. The fourth-order valence-corrected chi connectivity index (χ4v) is 2.31. The van der Waals surface area contributed by atoms with Crippen molar-refractivity contribution in [2.45, 2.75) is 6.54 Å². The number of aryl methyl sites for hydroxylation is 1. The van der Waals surface area contributed by atoms with Gasteiger partial charge in [0.05, 0.1) is 11.6 Å². The van der Waals surface area contributed by atoms with Crippen LogP contribution in [0.1, 0.15) is 16.2 Å². The second kappa shape index (κ2) is 6.23. The first-order chi connectivity index (χ1) is 11.5. The molecule has 0 atom stereocenters. The van der Waals surface area contributed by atoms with Crippen molar-refractivity contribution in [2.24, 2.45) is 7.05 Å². The van der Waals surface area contributed by atoms with E-state index in [4.69, 9.17) is 0 Å². The molecule has 0 aliphatic heterocycles. The molecule has 3 rings (SSSR count). The Balaban J connectivity index is 1.86. The topological polar surface area (TPSA) is 75.9 Å². The summed E-state index contributed by atoms with van der Waals surface area (Å²) in [5, 5.41) is 7.68. The van der Waals surface area contributed by atoms with Gasteiger partial charge >= 0.3 is 0 Å². The minimum atomic E-state index is -0.398. The number of anilines is 1. The third kappa shape index (κ3) is 3.03. The molecule has 3 aromatic rings. The summed E-state index contributed by atoms with van der Waals surface area (Å²) in [5.74, 6) is -0.0202. The normalized spacial score (nSPS) is 10.8. The second-order valence-electron chi connectivity index (χ2n) is 5.58. The fourth-order valence-electron chi connectivity index (χ4n) is 2.31. The zero-order valence-electron chi connectivity index (χ0n) is 13.6. The second-order valence-corrected chi connectivity index (χ2v) is 5.58. The molecule has 1 amide bonds. The van der Waals surface area contributed by atoms with Crippen molar-refractivity contribution in [1.82, 2.24) is 25.1 Å². The van der Waals surface area contributed by atoms with E-state index < -0.39 is 5.91 Å². The fraction of sp³-hybridized carbons (Fsp3) is 0.250. The van der Waals surface area contributed by atoms with E-state index in [0.717, 1.165) is 10.9 Å². The third-order valence-electron chi connectivity index (χ3n) is 3.57. The van der Waals surface area contributed by atoms with Gasteiger partial charge in [0.2, 0.25) is 5.82 Å². The smallest absolute Gasteiger partial charge is 0.289 e. The molecule has 0 unspecified atom stereocenters. The van der Waals surface area contributed by atoms with Crippen LogP contribution in [0.25, 0.3) is 11.0 Å². The van der Waals surface area contributed by atoms with Crippen LogP contribution >= 0.6 is 0 Å². The molecule has 2 aromatic heterocycles. The number of carbonyl (C=O) groups is 1. The lowest BCUT2D eigenvalue weighted by Crippen LogP contribution is -2.26. The Kier molecular flexibility index (Phi) is 4.11. The predicted octanol–water partition coefficient (Wildman–Crippen LogP) is 1.50. The molecular weight excluding hydrogens is 311 g/mol. The lowest BCUT2D eigenvalue weighted by atomic mass is 10.2. The van der Waals surface area contributed by atoms with Gasteiger partial charge in [-0.1, -0.05) is 12.1 Å². The summed E-state index contributed by atoms with van der Waals surface area (Å²) in [6.07, 6.45) is 1.67. The van der Waals surface area contributed by atoms with Crippen LogP contribution in [0, 0.1) is 5.82 Å². The predicted molar refractivity (Wildman–Crippen MR) is 88.2 cm³/mol. The molecule has 0 aliphatic rings. The molecule has 8 heteroatoms. The van der Waals surface area contributed by atoms with Crippen molar-refractivity contribution in [3.63, 3.8) is 0 Å². The van der Waals surface area contributed by atoms with Gasteiger partial charge in [-0.15, -0.1) is 0 Å². The molecule has 124 valence electrons. The quantitative estimate of drug-likeness (QED) is 0.785. The maximum Gasteiger partial charge on any atom is 0.289 e. The number of aromatic nitrogens is 4. The summed E-state index contributed by atoms with van der Waals surface area (Å²) >= 11 is 0. The average molecular weight is 328 g/mol. The molecule has 0 saturated carbocycles. The monoisotopic (exact) mass is 328 g/mol. The summed E-state index contributed by atoms with van der Waals surface area (Å²) in [6, 6.07) is 5.94. The maximum absolute atomic E-state index is 12.9. The molecule has 24 heavy (non-hydrogen) atoms. The number of amides is 1. The zero-order chi connectivity index (χ0) is 17.3. The van der Waals surface area contributed by atoms with Gasteiger partial charge in [0.1, 0.15) is 11.6 Å². The first kappa shape index (κ1) is 15.9. The number of hydrogen-bond acceptors (Lipinski definition) is 5. The summed E-state index contributed by atoms with van der Waals surface area (Å²) < 4.78 is 14.5. The van der Waals surface area contributed by atoms with E-state index in [1.165, 1.54) is 12.1 Å². The minimum Gasteiger partial charge on any atom is -0.362 e. The summed E-state index contributed by atoms with van der Waals surface area (Å²) in [5.41, 5.74) is 1.37. The Morgan fingerprint density at radius 3 is 2.62 bits per heavy atom. The lowest BCUT2D eigenvalue weighted by molar-refractivity contribution is 0.0941. The SMILES string of the molecule is CN(C)c1nc(C(=O)NCc2ccc(F)cc2)nc2c1cnn2C. The van der Waals surface area contributed by atoms with E-state index in [0.29, 0.717) is 11.5 Å². The highest BCUT2D eigenvalue weighted by molar-refractivity contribution is 5.95. The van der Waals surface area contributed by atoms with Gasteiger partial charge in [-0.05, 0) is 17.7 Å². The molecule has 0 fully saturated rings. The number of hydrogen-bond donors (Lipinski definition) is 1. The number of nitrogens with zero attached hydrogens (tertiary/aromatic N) is 5. The lowest BCUT2D eigenvalue weighted by Gasteiger charge is -2.13. The van der Waals surface area contributed by atoms with Crippen LogP contribution in [0.15, 0.2) is 30.5 Å². The van der Waals surface area contributed by atoms with Crippen LogP contribution in [0.4, 0.5) is 10.2 Å². The van der Waals surface area contributed by atoms with Crippen LogP contribution in [-0.2, 0) is 13.6 Å². The molecule has 7 nitrogen and oxygen atoms in total.